The summed E-state index contributed by atoms with van der Waals surface area (Å²) < 4.78 is 0. The molecule has 0 bridgehead atoms. The van der Waals surface area contributed by atoms with Gasteiger partial charge in [0.25, 0.3) is 0 Å². The summed E-state index contributed by atoms with van der Waals surface area (Å²) in [5, 5.41) is 162. The fourth-order valence-corrected chi connectivity index (χ4v) is 0. The predicted octanol–water partition coefficient (Wildman–Crippen LogP) is -45.6. The zero-order valence-electron chi connectivity index (χ0n) is 78.5. The van der Waals surface area contributed by atoms with Gasteiger partial charge in [-0.15, -0.1) is 89.6 Å². The summed E-state index contributed by atoms with van der Waals surface area (Å²) in [5.41, 5.74) is -12.0. The summed E-state index contributed by atoms with van der Waals surface area (Å²) in [6, 6.07) is 0. The van der Waals surface area contributed by atoms with Gasteiger partial charge in [-0.2, -0.15) is 0 Å². The van der Waals surface area contributed by atoms with E-state index in [2.05, 4.69) is 0 Å². The van der Waals surface area contributed by atoms with Crippen molar-refractivity contribution in [1.29, 1.82) is 0 Å². The van der Waals surface area contributed by atoms with Crippen LogP contribution in [0.15, 0.2) is 0 Å². The summed E-state index contributed by atoms with van der Waals surface area (Å²) in [6.45, 7) is 78.3. The van der Waals surface area contributed by atoms with E-state index in [4.69, 9.17) is 0 Å². The topological polar surface area (TPSA) is 369 Å². The van der Waals surface area contributed by atoms with Gasteiger partial charge in [-0.05, 0) is 0 Å². The van der Waals surface area contributed by atoms with Crippen molar-refractivity contribution in [3.8, 4) is 0 Å². The minimum absolute atomic E-state index is 0. The Morgan fingerprint density at radius 1 is 0.0833 bits per heavy atom. The normalized spacial score (nSPS) is 10.0. The number of hydrogen-bond donors (Lipinski definition) is 0. The molecule has 0 aliphatic rings. The fraction of sp³-hybridized carbons (Fsp3) is 1.00. The Kier molecular flexibility index (Phi) is 230. The average Bonchev–Trinajstić information content (AvgIpc) is 2.70. The molecule has 16 nitrogen and oxygen atoms in total. The van der Waals surface area contributed by atoms with Gasteiger partial charge in [0.1, 0.15) is 0 Å². The standard InChI is InChI=1S/16C4H9O.8Li.8Na/c16*1-4(2,3)5;;;;;;;;;;;;;;;;/h16*1-3H3;;;;;;;;;;;;;;;;/q16*-1;16*+1. The van der Waals surface area contributed by atoms with Crippen LogP contribution in [-0.4, -0.2) is 89.6 Å². The summed E-state index contributed by atoms with van der Waals surface area (Å²) in [6.07, 6.45) is 0. The SMILES string of the molecule is CC(C)(C)[O-].CC(C)(C)[O-].CC(C)(C)[O-].CC(C)(C)[O-].CC(C)(C)[O-].CC(C)(C)[O-].CC(C)(C)[O-].CC(C)(C)[O-].CC(C)(C)[O-].CC(C)(C)[O-].CC(C)(C)[O-].CC(C)(C)[O-].CC(C)(C)[O-].CC(C)(C)[O-].CC(C)(C)[O-].CC(C)(C)[O-].[Li+].[Li+].[Li+].[Li+].[Li+].[Li+].[Li+].[Li+].[Na+].[Na+].[Na+].[Na+].[Na+].[Na+].[Na+].[Na+]. The number of rotatable bonds is 0. The summed E-state index contributed by atoms with van der Waals surface area (Å²) in [7, 11) is 0. The van der Waals surface area contributed by atoms with Crippen molar-refractivity contribution in [1.82, 2.24) is 0 Å². The molecule has 0 unspecified atom stereocenters. The Balaban J connectivity index is -0.0000000150. The maximum Gasteiger partial charge on any atom is 1.00 e. The van der Waals surface area contributed by atoms with Crippen LogP contribution in [0.4, 0.5) is 0 Å². The fourth-order valence-electron chi connectivity index (χ4n) is 0. The first-order chi connectivity index (χ1) is 32.0. The van der Waals surface area contributed by atoms with E-state index in [1.165, 1.54) is 0 Å². The third-order valence-corrected chi connectivity index (χ3v) is 0. The second kappa shape index (κ2) is 103. The van der Waals surface area contributed by atoms with Gasteiger partial charge >= 0.3 is 387 Å². The maximum absolute atomic E-state index is 10.1. The third-order valence-electron chi connectivity index (χ3n) is 0. The molecule has 32 heteroatoms. The van der Waals surface area contributed by atoms with Crippen LogP contribution in [-0.2, 0) is 0 Å². The van der Waals surface area contributed by atoms with E-state index in [1.807, 2.05) is 0 Å². The molecule has 0 saturated carbocycles. The van der Waals surface area contributed by atoms with Crippen LogP contribution in [0.25, 0.3) is 0 Å². The van der Waals surface area contributed by atoms with Gasteiger partial charge in [-0.3, -0.25) is 0 Å². The molecule has 0 saturated heterocycles. The average molecular weight is 1410 g/mol. The second-order valence-corrected chi connectivity index (χ2v) is 33.8. The molecular formula is C64H144Li8Na8O16. The van der Waals surface area contributed by atoms with Gasteiger partial charge in [-0.25, -0.2) is 0 Å². The molecule has 0 spiro atoms. The van der Waals surface area contributed by atoms with Gasteiger partial charge in [-0.1, -0.05) is 332 Å². The van der Waals surface area contributed by atoms with Crippen LogP contribution in [0.2, 0.25) is 0 Å². The largest absolute Gasteiger partial charge is 1.00 e. The molecular weight excluding hydrogens is 1260 g/mol. The van der Waals surface area contributed by atoms with Crippen LogP contribution in [0, 0.1) is 0 Å². The Morgan fingerprint density at radius 2 is 0.0833 bits per heavy atom. The molecule has 0 aromatic rings. The zero-order chi connectivity index (χ0) is 72.0. The summed E-state index contributed by atoms with van der Waals surface area (Å²) in [5.74, 6) is 0. The van der Waals surface area contributed by atoms with Crippen LogP contribution < -0.4 is 469 Å². The quantitative estimate of drug-likeness (QED) is 0.203. The minimum Gasteiger partial charge on any atom is -0.850 e. The number of hydrogen-bond acceptors (Lipinski definition) is 16. The van der Waals surface area contributed by atoms with Crippen molar-refractivity contribution in [3.63, 3.8) is 0 Å². The molecule has 0 aliphatic carbocycles. The monoisotopic (exact) mass is 1410 g/mol. The smallest absolute Gasteiger partial charge is 0.850 e. The van der Waals surface area contributed by atoms with Gasteiger partial charge < -0.3 is 81.7 Å². The zero-order valence-corrected chi connectivity index (χ0v) is 94.5. The van der Waals surface area contributed by atoms with Gasteiger partial charge in [0, 0.05) is 0 Å². The van der Waals surface area contributed by atoms with E-state index in [0.717, 1.165) is 0 Å². The molecule has 0 aliphatic heterocycles. The van der Waals surface area contributed by atoms with Crippen molar-refractivity contribution in [2.75, 3.05) is 0 Å². The molecule has 0 aromatic heterocycles. The first-order valence-electron chi connectivity index (χ1n) is 27.3. The molecule has 0 heterocycles. The van der Waals surface area contributed by atoms with Crippen LogP contribution >= 0.6 is 0 Å². The van der Waals surface area contributed by atoms with E-state index in [1.54, 1.807) is 332 Å². The van der Waals surface area contributed by atoms with Crippen LogP contribution in [0.3, 0.4) is 0 Å². The van der Waals surface area contributed by atoms with Crippen LogP contribution in [0.5, 0.6) is 0 Å². The first kappa shape index (κ1) is 214. The maximum atomic E-state index is 10.1. The first-order valence-corrected chi connectivity index (χ1v) is 27.3. The second-order valence-electron chi connectivity index (χ2n) is 33.8. The van der Waals surface area contributed by atoms with E-state index in [-0.39, 0.29) is 387 Å². The van der Waals surface area contributed by atoms with E-state index in [0.29, 0.717) is 0 Å². The van der Waals surface area contributed by atoms with Crippen molar-refractivity contribution in [2.24, 2.45) is 0 Å². The van der Waals surface area contributed by atoms with Crippen molar-refractivity contribution in [2.45, 2.75) is 422 Å². The molecule has 0 radical (unpaired) electrons. The van der Waals surface area contributed by atoms with Crippen molar-refractivity contribution < 1.29 is 469 Å². The Labute approximate surface area is 875 Å². The Morgan fingerprint density at radius 3 is 0.0833 bits per heavy atom. The molecule has 0 amide bonds. The third kappa shape index (κ3) is 7960. The van der Waals surface area contributed by atoms with E-state index < -0.39 is 89.6 Å². The molecule has 0 atom stereocenters. The summed E-state index contributed by atoms with van der Waals surface area (Å²) in [4.78, 5) is 0. The predicted molar refractivity (Wildman–Crippen MR) is 316 cm³/mol. The van der Waals surface area contributed by atoms with Crippen LogP contribution in [0.1, 0.15) is 332 Å². The molecule has 0 fully saturated rings. The minimum atomic E-state index is -0.750. The Hall–Kier alpha value is 12.1. The van der Waals surface area contributed by atoms with Crippen molar-refractivity contribution >= 4 is 0 Å². The van der Waals surface area contributed by atoms with E-state index >= 15 is 0 Å². The molecule has 0 aromatic carbocycles. The molecule has 0 rings (SSSR count). The van der Waals surface area contributed by atoms with Gasteiger partial charge in [0.2, 0.25) is 0 Å². The molecule has 512 valence electrons. The summed E-state index contributed by atoms with van der Waals surface area (Å²) >= 11 is 0. The van der Waals surface area contributed by atoms with Gasteiger partial charge in [0.05, 0.1) is 0 Å². The molecule has 96 heavy (non-hydrogen) atoms. The van der Waals surface area contributed by atoms with Crippen molar-refractivity contribution in [3.05, 3.63) is 0 Å². The Bertz CT molecular complexity index is 768. The molecule has 0 N–H and O–H groups in total. The van der Waals surface area contributed by atoms with E-state index in [9.17, 15) is 81.7 Å². The van der Waals surface area contributed by atoms with Gasteiger partial charge in [0.15, 0.2) is 0 Å².